The van der Waals surface area contributed by atoms with E-state index in [0.717, 1.165) is 6.07 Å². The number of phenolic OH excluding ortho intramolecular Hbond substituents is 2. The summed E-state index contributed by atoms with van der Waals surface area (Å²) < 4.78 is 9.05. The molecule has 0 aromatic heterocycles. The second-order valence-corrected chi connectivity index (χ2v) is 2.65. The van der Waals surface area contributed by atoms with Crippen molar-refractivity contribution in [2.45, 2.75) is 6.92 Å². The fourth-order valence-electron chi connectivity index (χ4n) is 1.10. The summed E-state index contributed by atoms with van der Waals surface area (Å²) in [5.41, 5.74) is 0.304. The van der Waals surface area contributed by atoms with Crippen LogP contribution < -0.4 is 9.47 Å². The molecule has 1 heterocycles. The minimum absolute atomic E-state index is 0.0498. The molecule has 2 rings (SSSR count). The summed E-state index contributed by atoms with van der Waals surface area (Å²) in [6, 6.07) is 1.16. The van der Waals surface area contributed by atoms with E-state index < -0.39 is 6.16 Å². The maximum atomic E-state index is 10.7. The molecule has 1 aromatic rings. The highest BCUT2D eigenvalue weighted by Crippen LogP contribution is 2.46. The molecular formula is C8H6O5. The zero-order chi connectivity index (χ0) is 9.59. The number of aromatic hydroxyl groups is 2. The number of carbonyl (C=O) groups excluding carboxylic acids is 1. The molecule has 0 saturated carbocycles. The summed E-state index contributed by atoms with van der Waals surface area (Å²) in [6.45, 7) is 1.52. The smallest absolute Gasteiger partial charge is 0.507 e. The van der Waals surface area contributed by atoms with E-state index in [1.807, 2.05) is 0 Å². The maximum Gasteiger partial charge on any atom is 0.519 e. The van der Waals surface area contributed by atoms with Gasteiger partial charge in [0.15, 0.2) is 11.5 Å². The van der Waals surface area contributed by atoms with E-state index in [-0.39, 0.29) is 23.0 Å². The molecule has 0 spiro atoms. The van der Waals surface area contributed by atoms with E-state index in [2.05, 4.69) is 9.47 Å². The average Bonchev–Trinajstić information content (AvgIpc) is 2.06. The van der Waals surface area contributed by atoms with Crippen LogP contribution in [0.25, 0.3) is 0 Å². The Morgan fingerprint density at radius 2 is 2.00 bits per heavy atom. The summed E-state index contributed by atoms with van der Waals surface area (Å²) in [5, 5.41) is 18.6. The second kappa shape index (κ2) is 2.29. The molecule has 1 aliphatic heterocycles. The standard InChI is InChI=1S/C8H6O5/c1-3-4(9)2-5-6(10)7(3)13-8(11)12-5/h2,9-10H,1H3. The monoisotopic (exact) mass is 182 g/mol. The molecular weight excluding hydrogens is 176 g/mol. The Hall–Kier alpha value is -1.91. The van der Waals surface area contributed by atoms with Crippen LogP contribution in [-0.2, 0) is 0 Å². The van der Waals surface area contributed by atoms with Gasteiger partial charge in [-0.15, -0.1) is 0 Å². The topological polar surface area (TPSA) is 76.0 Å². The number of fused-ring (bicyclic) bond motifs is 2. The number of benzene rings is 1. The lowest BCUT2D eigenvalue weighted by Gasteiger charge is -2.17. The fourth-order valence-corrected chi connectivity index (χ4v) is 1.10. The van der Waals surface area contributed by atoms with Crippen LogP contribution in [0.4, 0.5) is 4.79 Å². The van der Waals surface area contributed by atoms with Crippen LogP contribution in [0.15, 0.2) is 6.07 Å². The average molecular weight is 182 g/mol. The summed E-state index contributed by atoms with van der Waals surface area (Å²) in [6.07, 6.45) is -0.911. The third-order valence-corrected chi connectivity index (χ3v) is 1.82. The molecule has 0 fully saturated rings. The van der Waals surface area contributed by atoms with Crippen molar-refractivity contribution in [2.75, 3.05) is 0 Å². The first-order chi connectivity index (χ1) is 6.09. The van der Waals surface area contributed by atoms with Crippen LogP contribution in [0.3, 0.4) is 0 Å². The molecule has 5 heteroatoms. The zero-order valence-electron chi connectivity index (χ0n) is 6.70. The highest BCUT2D eigenvalue weighted by atomic mass is 16.7. The SMILES string of the molecule is Cc1c(O)cc2c(O)c1OC(=O)O2. The van der Waals surface area contributed by atoms with E-state index in [0.29, 0.717) is 5.56 Å². The minimum Gasteiger partial charge on any atom is -0.507 e. The molecule has 1 aromatic carbocycles. The highest BCUT2D eigenvalue weighted by Gasteiger charge is 2.27. The summed E-state index contributed by atoms with van der Waals surface area (Å²) >= 11 is 0. The number of carbonyl (C=O) groups is 1. The number of phenols is 2. The molecule has 0 unspecified atom stereocenters. The largest absolute Gasteiger partial charge is 0.519 e. The minimum atomic E-state index is -0.911. The maximum absolute atomic E-state index is 10.7. The Morgan fingerprint density at radius 1 is 1.31 bits per heavy atom. The lowest BCUT2D eigenvalue weighted by Crippen LogP contribution is -2.18. The molecule has 5 nitrogen and oxygen atoms in total. The second-order valence-electron chi connectivity index (χ2n) is 2.65. The van der Waals surface area contributed by atoms with Crippen LogP contribution >= 0.6 is 0 Å². The van der Waals surface area contributed by atoms with Gasteiger partial charge in [-0.25, -0.2) is 4.79 Å². The Morgan fingerprint density at radius 3 is 2.69 bits per heavy atom. The van der Waals surface area contributed by atoms with Crippen molar-refractivity contribution >= 4 is 6.16 Å². The number of hydrogen-bond donors (Lipinski definition) is 2. The number of hydrogen-bond acceptors (Lipinski definition) is 5. The third kappa shape index (κ3) is 0.970. The molecule has 0 aliphatic carbocycles. The van der Waals surface area contributed by atoms with Crippen molar-refractivity contribution in [3.05, 3.63) is 11.6 Å². The predicted molar refractivity (Wildman–Crippen MR) is 41.2 cm³/mol. The van der Waals surface area contributed by atoms with E-state index in [9.17, 15) is 15.0 Å². The van der Waals surface area contributed by atoms with Gasteiger partial charge in [0.05, 0.1) is 0 Å². The van der Waals surface area contributed by atoms with Gasteiger partial charge in [0.25, 0.3) is 0 Å². The van der Waals surface area contributed by atoms with Crippen molar-refractivity contribution in [2.24, 2.45) is 0 Å². The molecule has 1 aliphatic rings. The van der Waals surface area contributed by atoms with Crippen molar-refractivity contribution in [1.82, 2.24) is 0 Å². The first-order valence-corrected chi connectivity index (χ1v) is 3.55. The molecule has 0 atom stereocenters. The molecule has 0 saturated heterocycles. The Labute approximate surface area is 73.1 Å². The van der Waals surface area contributed by atoms with Gasteiger partial charge in [-0.1, -0.05) is 0 Å². The van der Waals surface area contributed by atoms with Gasteiger partial charge in [-0.3, -0.25) is 0 Å². The normalized spacial score (nSPS) is 13.5. The zero-order valence-corrected chi connectivity index (χ0v) is 6.70. The quantitative estimate of drug-likeness (QED) is 0.359. The van der Waals surface area contributed by atoms with E-state index in [1.165, 1.54) is 6.92 Å². The lowest BCUT2D eigenvalue weighted by molar-refractivity contribution is 0.139. The van der Waals surface area contributed by atoms with Crippen LogP contribution in [0.1, 0.15) is 5.56 Å². The van der Waals surface area contributed by atoms with Gasteiger partial charge >= 0.3 is 6.16 Å². The Kier molecular flexibility index (Phi) is 1.36. The fraction of sp³-hybridized carbons (Fsp3) is 0.125. The molecule has 68 valence electrons. The van der Waals surface area contributed by atoms with E-state index in [1.54, 1.807) is 0 Å². The summed E-state index contributed by atoms with van der Waals surface area (Å²) in [7, 11) is 0. The molecule has 0 amide bonds. The first-order valence-electron chi connectivity index (χ1n) is 3.55. The molecule has 2 bridgehead atoms. The first kappa shape index (κ1) is 7.72. The lowest BCUT2D eigenvalue weighted by atomic mass is 10.1. The van der Waals surface area contributed by atoms with Gasteiger partial charge < -0.3 is 19.7 Å². The number of ether oxygens (including phenoxy) is 2. The Balaban J connectivity index is 2.71. The van der Waals surface area contributed by atoms with E-state index in [4.69, 9.17) is 0 Å². The van der Waals surface area contributed by atoms with Gasteiger partial charge in [0, 0.05) is 11.6 Å². The Bertz CT molecular complexity index is 389. The van der Waals surface area contributed by atoms with Crippen molar-refractivity contribution < 1.29 is 24.5 Å². The van der Waals surface area contributed by atoms with E-state index >= 15 is 0 Å². The summed E-state index contributed by atoms with van der Waals surface area (Å²) in [4.78, 5) is 10.7. The molecule has 0 radical (unpaired) electrons. The van der Waals surface area contributed by atoms with Crippen molar-refractivity contribution in [3.8, 4) is 23.0 Å². The van der Waals surface area contributed by atoms with Gasteiger partial charge in [0.2, 0.25) is 5.75 Å². The highest BCUT2D eigenvalue weighted by molar-refractivity contribution is 5.77. The van der Waals surface area contributed by atoms with Crippen LogP contribution in [0.2, 0.25) is 0 Å². The van der Waals surface area contributed by atoms with Crippen molar-refractivity contribution in [1.29, 1.82) is 0 Å². The van der Waals surface area contributed by atoms with Gasteiger partial charge in [-0.05, 0) is 6.92 Å². The van der Waals surface area contributed by atoms with Crippen LogP contribution in [0, 0.1) is 6.92 Å². The van der Waals surface area contributed by atoms with Gasteiger partial charge in [0.1, 0.15) is 5.75 Å². The van der Waals surface area contributed by atoms with Crippen LogP contribution in [0.5, 0.6) is 23.0 Å². The molecule has 2 N–H and O–H groups in total. The summed E-state index contributed by atoms with van der Waals surface area (Å²) in [5.74, 6) is -0.495. The van der Waals surface area contributed by atoms with Crippen LogP contribution in [-0.4, -0.2) is 16.4 Å². The van der Waals surface area contributed by atoms with Crippen molar-refractivity contribution in [3.63, 3.8) is 0 Å². The van der Waals surface area contributed by atoms with Gasteiger partial charge in [-0.2, -0.15) is 0 Å². The predicted octanol–water partition coefficient (Wildman–Crippen LogP) is 1.30. The molecule has 13 heavy (non-hydrogen) atoms. The number of rotatable bonds is 0. The third-order valence-electron chi connectivity index (χ3n) is 1.82.